The zero-order valence-corrected chi connectivity index (χ0v) is 14.6. The van der Waals surface area contributed by atoms with E-state index in [0.717, 1.165) is 25.6 Å². The Hall–Kier alpha value is -1.09. The van der Waals surface area contributed by atoms with Crippen molar-refractivity contribution in [2.75, 3.05) is 24.5 Å². The van der Waals surface area contributed by atoms with Crippen LogP contribution in [0.3, 0.4) is 0 Å². The molecule has 0 aromatic carbocycles. The first-order valence-corrected chi connectivity index (χ1v) is 9.83. The summed E-state index contributed by atoms with van der Waals surface area (Å²) < 4.78 is 0. The minimum atomic E-state index is 0.664. The smallest absolute Gasteiger partial charge is 0.132 e. The summed E-state index contributed by atoms with van der Waals surface area (Å²) >= 11 is 0. The van der Waals surface area contributed by atoms with Gasteiger partial charge in [0.05, 0.1) is 0 Å². The van der Waals surface area contributed by atoms with E-state index in [2.05, 4.69) is 23.3 Å². The molecule has 1 saturated heterocycles. The predicted octanol–water partition coefficient (Wildman–Crippen LogP) is 3.49. The number of hydrogen-bond acceptors (Lipinski definition) is 3. The van der Waals surface area contributed by atoms with E-state index in [1.165, 1.54) is 63.6 Å². The number of hydrogen-bond donors (Lipinski definition) is 1. The Morgan fingerprint density at radius 1 is 1.22 bits per heavy atom. The van der Waals surface area contributed by atoms with Gasteiger partial charge in [0.1, 0.15) is 5.82 Å². The average Bonchev–Trinajstić information content (AvgIpc) is 2.62. The highest BCUT2D eigenvalue weighted by atomic mass is 15.3. The first kappa shape index (κ1) is 15.4. The lowest BCUT2D eigenvalue weighted by atomic mass is 9.82. The van der Waals surface area contributed by atoms with Crippen molar-refractivity contribution in [2.45, 2.75) is 70.8 Å². The topological polar surface area (TPSA) is 28.2 Å². The van der Waals surface area contributed by atoms with Crippen LogP contribution in [-0.4, -0.2) is 30.7 Å². The minimum Gasteiger partial charge on any atom is -0.351 e. The number of nitrogens with zero attached hydrogens (tertiary/aromatic N) is 2. The lowest BCUT2D eigenvalue weighted by molar-refractivity contribution is 0.355. The van der Waals surface area contributed by atoms with E-state index in [9.17, 15) is 0 Å². The van der Waals surface area contributed by atoms with Crippen LogP contribution in [0.4, 0.5) is 5.82 Å². The Balaban J connectivity index is 1.62. The molecule has 4 rings (SSSR count). The summed E-state index contributed by atoms with van der Waals surface area (Å²) in [7, 11) is 0. The molecule has 0 spiro atoms. The van der Waals surface area contributed by atoms with Gasteiger partial charge in [-0.3, -0.25) is 0 Å². The summed E-state index contributed by atoms with van der Waals surface area (Å²) in [6, 6.07) is 0.664. The maximum Gasteiger partial charge on any atom is 0.132 e. The fourth-order valence-electron chi connectivity index (χ4n) is 5.06. The van der Waals surface area contributed by atoms with Crippen LogP contribution in [0, 0.1) is 5.92 Å². The van der Waals surface area contributed by atoms with Crippen molar-refractivity contribution in [1.29, 1.82) is 0 Å². The van der Waals surface area contributed by atoms with Gasteiger partial charge in [0.2, 0.25) is 0 Å². The highest BCUT2D eigenvalue weighted by Gasteiger charge is 2.31. The molecule has 1 aromatic rings. The van der Waals surface area contributed by atoms with Gasteiger partial charge in [-0.15, -0.1) is 0 Å². The van der Waals surface area contributed by atoms with Gasteiger partial charge in [-0.05, 0) is 48.3 Å². The molecule has 1 unspecified atom stereocenters. The van der Waals surface area contributed by atoms with Crippen LogP contribution in [0.25, 0.3) is 0 Å². The Kier molecular flexibility index (Phi) is 4.57. The molecule has 1 N–H and O–H groups in total. The number of fused-ring (bicyclic) bond motifs is 3. The Morgan fingerprint density at radius 2 is 2.09 bits per heavy atom. The zero-order chi connectivity index (χ0) is 15.6. The van der Waals surface area contributed by atoms with Crippen LogP contribution in [0.5, 0.6) is 0 Å². The Bertz CT molecular complexity index is 548. The van der Waals surface area contributed by atoms with Gasteiger partial charge in [0.25, 0.3) is 0 Å². The fraction of sp³-hybridized carbons (Fsp3) is 0.750. The van der Waals surface area contributed by atoms with Crippen molar-refractivity contribution in [3.63, 3.8) is 0 Å². The Morgan fingerprint density at radius 3 is 2.91 bits per heavy atom. The second-order valence-corrected chi connectivity index (χ2v) is 7.72. The van der Waals surface area contributed by atoms with Gasteiger partial charge in [-0.1, -0.05) is 39.0 Å². The number of piperazine rings is 1. The second-order valence-electron chi connectivity index (χ2n) is 7.72. The molecule has 126 valence electrons. The quantitative estimate of drug-likeness (QED) is 0.926. The van der Waals surface area contributed by atoms with Crippen LogP contribution >= 0.6 is 0 Å². The molecule has 0 radical (unpaired) electrons. The lowest BCUT2D eigenvalue weighted by Gasteiger charge is -2.42. The summed E-state index contributed by atoms with van der Waals surface area (Å²) in [6.07, 6.45) is 14.4. The third-order valence-electron chi connectivity index (χ3n) is 6.30. The molecule has 2 fully saturated rings. The van der Waals surface area contributed by atoms with Crippen molar-refractivity contribution >= 4 is 5.82 Å². The molecule has 0 bridgehead atoms. The number of aromatic nitrogens is 1. The third-order valence-corrected chi connectivity index (χ3v) is 6.30. The molecule has 1 atom stereocenters. The van der Waals surface area contributed by atoms with Crippen molar-refractivity contribution in [3.05, 3.63) is 22.9 Å². The molecule has 1 aliphatic carbocycles. The zero-order valence-electron chi connectivity index (χ0n) is 14.6. The molecule has 23 heavy (non-hydrogen) atoms. The molecule has 2 aliphatic heterocycles. The second kappa shape index (κ2) is 6.80. The maximum absolute atomic E-state index is 4.98. The van der Waals surface area contributed by atoms with E-state index in [0.29, 0.717) is 6.04 Å². The van der Waals surface area contributed by atoms with Gasteiger partial charge in [0.15, 0.2) is 0 Å². The normalized spacial score (nSPS) is 25.1. The van der Waals surface area contributed by atoms with E-state index in [-0.39, 0.29) is 0 Å². The van der Waals surface area contributed by atoms with Crippen molar-refractivity contribution in [1.82, 2.24) is 10.3 Å². The summed E-state index contributed by atoms with van der Waals surface area (Å²) in [5.74, 6) is 2.22. The first-order valence-electron chi connectivity index (χ1n) is 9.83. The molecule has 1 aromatic heterocycles. The summed E-state index contributed by atoms with van der Waals surface area (Å²) in [6.45, 7) is 5.69. The lowest BCUT2D eigenvalue weighted by Crippen LogP contribution is -2.53. The van der Waals surface area contributed by atoms with Gasteiger partial charge < -0.3 is 10.2 Å². The summed E-state index contributed by atoms with van der Waals surface area (Å²) in [4.78, 5) is 7.56. The van der Waals surface area contributed by atoms with Crippen LogP contribution in [-0.2, 0) is 19.3 Å². The van der Waals surface area contributed by atoms with Crippen molar-refractivity contribution < 1.29 is 0 Å². The summed E-state index contributed by atoms with van der Waals surface area (Å²) in [5, 5.41) is 3.54. The maximum atomic E-state index is 4.98. The van der Waals surface area contributed by atoms with Crippen molar-refractivity contribution in [3.8, 4) is 0 Å². The van der Waals surface area contributed by atoms with Gasteiger partial charge in [-0.2, -0.15) is 0 Å². The number of rotatable bonds is 3. The molecule has 3 heterocycles. The van der Waals surface area contributed by atoms with Gasteiger partial charge in [0, 0.05) is 31.9 Å². The number of nitrogens with one attached hydrogen (secondary N) is 1. The molecular formula is C20H31N3. The van der Waals surface area contributed by atoms with Crippen molar-refractivity contribution in [2.24, 2.45) is 5.92 Å². The number of anilines is 1. The third kappa shape index (κ3) is 3.00. The van der Waals surface area contributed by atoms with E-state index in [4.69, 9.17) is 4.98 Å². The predicted molar refractivity (Wildman–Crippen MR) is 96.2 cm³/mol. The van der Waals surface area contributed by atoms with Gasteiger partial charge in [-0.25, -0.2) is 4.98 Å². The van der Waals surface area contributed by atoms with Gasteiger partial charge >= 0.3 is 0 Å². The standard InChI is InChI=1S/C20H31N3/c1-2-18-16(12-15-6-4-3-5-7-15)13-22-20-19(18)9-8-17-14-21-10-11-23(17)20/h13,15,17,21H,2-12,14H2,1H3. The van der Waals surface area contributed by atoms with E-state index in [1.54, 1.807) is 16.7 Å². The highest BCUT2D eigenvalue weighted by Crippen LogP contribution is 2.35. The Labute approximate surface area is 140 Å². The monoisotopic (exact) mass is 313 g/mol. The summed E-state index contributed by atoms with van der Waals surface area (Å²) in [5.41, 5.74) is 4.78. The average molecular weight is 313 g/mol. The minimum absolute atomic E-state index is 0.664. The highest BCUT2D eigenvalue weighted by molar-refractivity contribution is 5.56. The molecule has 0 amide bonds. The fourth-order valence-corrected chi connectivity index (χ4v) is 5.06. The molecule has 1 saturated carbocycles. The SMILES string of the molecule is CCc1c(CC2CCCCC2)cnc2c1CCC1CNCCN21. The first-order chi connectivity index (χ1) is 11.4. The van der Waals surface area contributed by atoms with Crippen LogP contribution in [0.2, 0.25) is 0 Å². The van der Waals surface area contributed by atoms with Crippen LogP contribution < -0.4 is 10.2 Å². The number of pyridine rings is 1. The van der Waals surface area contributed by atoms with Crippen LogP contribution in [0.15, 0.2) is 6.20 Å². The van der Waals surface area contributed by atoms with E-state index < -0.39 is 0 Å². The largest absolute Gasteiger partial charge is 0.351 e. The molecule has 3 nitrogen and oxygen atoms in total. The van der Waals surface area contributed by atoms with E-state index in [1.807, 2.05) is 0 Å². The molecular weight excluding hydrogens is 282 g/mol. The van der Waals surface area contributed by atoms with E-state index >= 15 is 0 Å². The molecule has 3 aliphatic rings. The van der Waals surface area contributed by atoms with Crippen LogP contribution in [0.1, 0.15) is 62.1 Å². The molecule has 3 heteroatoms.